The van der Waals surface area contributed by atoms with Gasteiger partial charge in [-0.2, -0.15) is 0 Å². The average Bonchev–Trinajstić information content (AvgIpc) is 2.20. The normalized spacial score (nSPS) is 12.0. The molecule has 0 aliphatic rings. The van der Waals surface area contributed by atoms with Crippen molar-refractivity contribution in [3.63, 3.8) is 0 Å². The van der Waals surface area contributed by atoms with Gasteiger partial charge in [0.15, 0.2) is 0 Å². The van der Waals surface area contributed by atoms with Gasteiger partial charge in [-0.25, -0.2) is 8.42 Å². The summed E-state index contributed by atoms with van der Waals surface area (Å²) in [5.74, 6) is -0.0626. The monoisotopic (exact) mass is 276 g/mol. The maximum Gasteiger partial charge on any atom is 0.0765 e. The summed E-state index contributed by atoms with van der Waals surface area (Å²) in [6, 6.07) is 6.76. The van der Waals surface area contributed by atoms with Crippen LogP contribution in [0.4, 0.5) is 0 Å². The second-order valence-corrected chi connectivity index (χ2v) is 6.31. The Morgan fingerprint density at radius 1 is 1.24 bits per heavy atom. The van der Waals surface area contributed by atoms with Crippen molar-refractivity contribution < 1.29 is 13.3 Å². The summed E-state index contributed by atoms with van der Waals surface area (Å²) in [4.78, 5) is 1.18. The van der Waals surface area contributed by atoms with Crippen LogP contribution in [-0.2, 0) is 15.8 Å². The first-order valence-corrected chi connectivity index (χ1v) is 7.33. The van der Waals surface area contributed by atoms with E-state index in [9.17, 15) is 8.42 Å². The SMILES string of the molecule is C[NH+](C)CC[N-]S(=O)(=O)Cc1ccc(Cl)cc1. The lowest BCUT2D eigenvalue weighted by atomic mass is 10.2. The summed E-state index contributed by atoms with van der Waals surface area (Å²) in [6.45, 7) is 1.04. The Bertz CT molecular complexity index is 443. The number of benzene rings is 1. The highest BCUT2D eigenvalue weighted by Crippen LogP contribution is 2.14. The second-order valence-electron chi connectivity index (χ2n) is 4.16. The Labute approximate surface area is 108 Å². The van der Waals surface area contributed by atoms with Crippen molar-refractivity contribution in [3.8, 4) is 0 Å². The smallest absolute Gasteiger partial charge is 0.0765 e. The lowest BCUT2D eigenvalue weighted by Gasteiger charge is -2.20. The Hall–Kier alpha value is -0.620. The molecule has 0 saturated carbocycles. The average molecular weight is 277 g/mol. The van der Waals surface area contributed by atoms with E-state index in [1.165, 1.54) is 4.90 Å². The standard InChI is InChI=1S/C11H16ClN2O2S/c1-14(2)8-7-13-17(15,16)9-10-3-5-11(12)6-4-10/h3-6H,7-9H2,1-2H3/q-1/p+1. The molecule has 0 atom stereocenters. The Morgan fingerprint density at radius 3 is 2.35 bits per heavy atom. The molecular weight excluding hydrogens is 260 g/mol. The van der Waals surface area contributed by atoms with Gasteiger partial charge in [0.2, 0.25) is 0 Å². The zero-order valence-corrected chi connectivity index (χ0v) is 11.6. The number of hydrogen-bond acceptors (Lipinski definition) is 2. The maximum absolute atomic E-state index is 11.7. The van der Waals surface area contributed by atoms with Gasteiger partial charge in [0.25, 0.3) is 0 Å². The molecule has 1 aromatic carbocycles. The van der Waals surface area contributed by atoms with E-state index >= 15 is 0 Å². The van der Waals surface area contributed by atoms with Gasteiger partial charge in [-0.1, -0.05) is 30.3 Å². The number of quaternary nitrogens is 1. The molecule has 1 aromatic rings. The molecule has 0 aliphatic heterocycles. The minimum Gasteiger partial charge on any atom is -0.544 e. The van der Waals surface area contributed by atoms with Crippen LogP contribution in [0, 0.1) is 0 Å². The third-order valence-electron chi connectivity index (χ3n) is 2.16. The molecule has 0 aromatic heterocycles. The maximum atomic E-state index is 11.7. The molecule has 1 N–H and O–H groups in total. The van der Waals surface area contributed by atoms with Crippen molar-refractivity contribution in [2.24, 2.45) is 0 Å². The van der Waals surface area contributed by atoms with Gasteiger partial charge in [0.05, 0.1) is 36.4 Å². The summed E-state index contributed by atoms with van der Waals surface area (Å²) in [6.07, 6.45) is 0. The molecule has 0 saturated heterocycles. The summed E-state index contributed by atoms with van der Waals surface area (Å²) >= 11 is 5.73. The Kier molecular flexibility index (Phi) is 5.39. The first-order valence-electron chi connectivity index (χ1n) is 5.34. The molecule has 0 radical (unpaired) electrons. The fraction of sp³-hybridized carbons (Fsp3) is 0.455. The number of rotatable bonds is 6. The Morgan fingerprint density at radius 2 is 1.82 bits per heavy atom. The number of nitrogens with zero attached hydrogens (tertiary/aromatic N) is 1. The minimum absolute atomic E-state index is 0.0626. The largest absolute Gasteiger partial charge is 0.544 e. The summed E-state index contributed by atoms with van der Waals surface area (Å²) < 4.78 is 27.0. The molecule has 1 rings (SSSR count). The zero-order valence-electron chi connectivity index (χ0n) is 9.98. The van der Waals surface area contributed by atoms with E-state index < -0.39 is 10.0 Å². The van der Waals surface area contributed by atoms with E-state index in [4.69, 9.17) is 11.6 Å². The van der Waals surface area contributed by atoms with Crippen molar-refractivity contribution in [2.75, 3.05) is 27.2 Å². The van der Waals surface area contributed by atoms with Crippen LogP contribution in [0.3, 0.4) is 0 Å². The quantitative estimate of drug-likeness (QED) is 0.831. The predicted octanol–water partition coefficient (Wildman–Crippen LogP) is 0.688. The number of nitrogens with one attached hydrogen (secondary N) is 1. The zero-order chi connectivity index (χ0) is 12.9. The molecule has 4 nitrogen and oxygen atoms in total. The van der Waals surface area contributed by atoms with Crippen molar-refractivity contribution in [3.05, 3.63) is 39.6 Å². The third-order valence-corrected chi connectivity index (χ3v) is 3.69. The summed E-state index contributed by atoms with van der Waals surface area (Å²) in [7, 11) is 0.545. The highest BCUT2D eigenvalue weighted by atomic mass is 35.5. The van der Waals surface area contributed by atoms with Gasteiger partial charge in [-0.3, -0.25) is 0 Å². The predicted molar refractivity (Wildman–Crippen MR) is 70.0 cm³/mol. The molecule has 17 heavy (non-hydrogen) atoms. The lowest BCUT2D eigenvalue weighted by Crippen LogP contribution is -3.06. The van der Waals surface area contributed by atoms with Gasteiger partial charge in [-0.15, -0.1) is 0 Å². The van der Waals surface area contributed by atoms with Gasteiger partial charge in [0.1, 0.15) is 0 Å². The fourth-order valence-corrected chi connectivity index (χ4v) is 2.45. The van der Waals surface area contributed by atoms with E-state index in [1.54, 1.807) is 24.3 Å². The third kappa shape index (κ3) is 6.02. The molecule has 0 spiro atoms. The molecule has 0 bridgehead atoms. The van der Waals surface area contributed by atoms with Crippen molar-refractivity contribution in [1.29, 1.82) is 0 Å². The van der Waals surface area contributed by atoms with E-state index in [1.807, 2.05) is 14.1 Å². The van der Waals surface area contributed by atoms with E-state index in [-0.39, 0.29) is 5.75 Å². The van der Waals surface area contributed by atoms with Crippen LogP contribution < -0.4 is 4.90 Å². The Balaban J connectivity index is 2.52. The molecule has 96 valence electrons. The van der Waals surface area contributed by atoms with Crippen LogP contribution in [0.25, 0.3) is 4.72 Å². The first-order chi connectivity index (χ1) is 7.89. The first kappa shape index (κ1) is 14.4. The summed E-state index contributed by atoms with van der Waals surface area (Å²) in [5, 5.41) is 0.597. The van der Waals surface area contributed by atoms with Crippen LogP contribution in [0.15, 0.2) is 24.3 Å². The fourth-order valence-electron chi connectivity index (χ4n) is 1.25. The van der Waals surface area contributed by atoms with Crippen LogP contribution >= 0.6 is 11.6 Å². The van der Waals surface area contributed by atoms with Gasteiger partial charge < -0.3 is 9.62 Å². The highest BCUT2D eigenvalue weighted by Gasteiger charge is 2.02. The van der Waals surface area contributed by atoms with E-state index in [0.29, 0.717) is 23.7 Å². The minimum atomic E-state index is -3.37. The van der Waals surface area contributed by atoms with Crippen LogP contribution in [0.5, 0.6) is 0 Å². The van der Waals surface area contributed by atoms with Crippen LogP contribution in [0.1, 0.15) is 5.56 Å². The van der Waals surface area contributed by atoms with Gasteiger partial charge in [-0.05, 0) is 17.7 Å². The summed E-state index contributed by atoms with van der Waals surface area (Å²) in [5.41, 5.74) is 0.704. The van der Waals surface area contributed by atoms with E-state index in [0.717, 1.165) is 0 Å². The molecule has 0 heterocycles. The molecule has 0 aliphatic carbocycles. The molecule has 0 amide bonds. The molecule has 0 unspecified atom stereocenters. The van der Waals surface area contributed by atoms with Crippen LogP contribution in [-0.4, -0.2) is 35.6 Å². The van der Waals surface area contributed by atoms with E-state index in [2.05, 4.69) is 4.72 Å². The van der Waals surface area contributed by atoms with Crippen LogP contribution in [0.2, 0.25) is 5.02 Å². The molecular formula is C11H17ClN2O2S. The number of sulfonamides is 1. The molecule has 0 fully saturated rings. The van der Waals surface area contributed by atoms with Gasteiger partial charge >= 0.3 is 0 Å². The second kappa shape index (κ2) is 6.35. The number of hydrogen-bond donors (Lipinski definition) is 1. The number of likely N-dealkylation sites (N-methyl/N-ethyl adjacent to an activating group) is 1. The lowest BCUT2D eigenvalue weighted by molar-refractivity contribution is -0.856. The molecule has 6 heteroatoms. The highest BCUT2D eigenvalue weighted by molar-refractivity contribution is 7.93. The van der Waals surface area contributed by atoms with Crippen molar-refractivity contribution in [2.45, 2.75) is 5.75 Å². The van der Waals surface area contributed by atoms with Crippen molar-refractivity contribution in [1.82, 2.24) is 0 Å². The van der Waals surface area contributed by atoms with Gasteiger partial charge in [0, 0.05) is 5.02 Å². The topological polar surface area (TPSA) is 52.7 Å². The van der Waals surface area contributed by atoms with Crippen molar-refractivity contribution >= 4 is 21.6 Å². The number of halogens is 1.